The first-order valence-corrected chi connectivity index (χ1v) is 6.42. The molecule has 0 bridgehead atoms. The lowest BCUT2D eigenvalue weighted by Gasteiger charge is -2.16. The Morgan fingerprint density at radius 3 is 3.20 bits per heavy atom. The summed E-state index contributed by atoms with van der Waals surface area (Å²) < 4.78 is 0. The second-order valence-corrected chi connectivity index (χ2v) is 5.40. The van der Waals surface area contributed by atoms with Gasteiger partial charge in [-0.05, 0) is 43.7 Å². The molecule has 3 heteroatoms. The van der Waals surface area contributed by atoms with Crippen LogP contribution in [0.3, 0.4) is 0 Å². The fourth-order valence-corrected chi connectivity index (χ4v) is 3.19. The molecule has 0 saturated carbocycles. The molecular formula is C12H17NOS. The molecule has 1 aromatic rings. The van der Waals surface area contributed by atoms with Crippen molar-refractivity contribution in [3.05, 3.63) is 21.4 Å². The van der Waals surface area contributed by atoms with Crippen molar-refractivity contribution < 1.29 is 4.79 Å². The average Bonchev–Trinajstić information content (AvgIpc) is 2.60. The number of fused-ring (bicyclic) bond motifs is 1. The highest BCUT2D eigenvalue weighted by Gasteiger charge is 2.20. The summed E-state index contributed by atoms with van der Waals surface area (Å²) in [6, 6.07) is 2.08. The monoisotopic (exact) mass is 223 g/mol. The van der Waals surface area contributed by atoms with Crippen molar-refractivity contribution >= 4 is 17.2 Å². The molecule has 0 fully saturated rings. The first kappa shape index (κ1) is 10.7. The molecule has 0 spiro atoms. The summed E-state index contributed by atoms with van der Waals surface area (Å²) in [7, 11) is 0. The number of thiophene rings is 1. The van der Waals surface area contributed by atoms with Crippen LogP contribution in [0.5, 0.6) is 0 Å². The Bertz CT molecular complexity index is 370. The molecule has 1 amide bonds. The molecule has 1 N–H and O–H groups in total. The molecule has 0 aliphatic heterocycles. The zero-order chi connectivity index (χ0) is 10.8. The van der Waals surface area contributed by atoms with Gasteiger partial charge in [-0.3, -0.25) is 4.79 Å². The summed E-state index contributed by atoms with van der Waals surface area (Å²) in [5.41, 5.74) is 1.40. The van der Waals surface area contributed by atoms with Crippen LogP contribution in [-0.2, 0) is 12.8 Å². The summed E-state index contributed by atoms with van der Waals surface area (Å²) in [5.74, 6) is 0.860. The lowest BCUT2D eigenvalue weighted by atomic mass is 9.90. The van der Waals surface area contributed by atoms with Crippen LogP contribution in [0.1, 0.15) is 40.4 Å². The molecular weight excluding hydrogens is 206 g/mol. The van der Waals surface area contributed by atoms with Crippen molar-refractivity contribution in [1.82, 2.24) is 5.32 Å². The van der Waals surface area contributed by atoms with Crippen LogP contribution < -0.4 is 5.32 Å². The number of carbonyl (C=O) groups is 1. The molecule has 0 unspecified atom stereocenters. The Kier molecular flexibility index (Phi) is 3.10. The van der Waals surface area contributed by atoms with Gasteiger partial charge in [-0.1, -0.05) is 6.92 Å². The predicted octanol–water partition coefficient (Wildman–Crippen LogP) is 2.62. The Morgan fingerprint density at radius 2 is 2.47 bits per heavy atom. The fourth-order valence-electron chi connectivity index (χ4n) is 2.07. The zero-order valence-corrected chi connectivity index (χ0v) is 10.1. The van der Waals surface area contributed by atoms with Gasteiger partial charge < -0.3 is 5.32 Å². The van der Waals surface area contributed by atoms with Crippen LogP contribution in [0.4, 0.5) is 0 Å². The quantitative estimate of drug-likeness (QED) is 0.820. The molecule has 1 aliphatic rings. The van der Waals surface area contributed by atoms with Gasteiger partial charge in [0.1, 0.15) is 0 Å². The van der Waals surface area contributed by atoms with Gasteiger partial charge in [0, 0.05) is 11.4 Å². The summed E-state index contributed by atoms with van der Waals surface area (Å²) >= 11 is 1.67. The third-order valence-electron chi connectivity index (χ3n) is 2.89. The molecule has 0 saturated heterocycles. The van der Waals surface area contributed by atoms with Crippen LogP contribution in [0.15, 0.2) is 6.07 Å². The molecule has 0 radical (unpaired) electrons. The number of aryl methyl sites for hydroxylation is 1. The van der Waals surface area contributed by atoms with E-state index in [-0.39, 0.29) is 5.91 Å². The predicted molar refractivity (Wildman–Crippen MR) is 63.5 cm³/mol. The molecule has 2 nitrogen and oxygen atoms in total. The molecule has 0 aromatic carbocycles. The molecule has 1 heterocycles. The summed E-state index contributed by atoms with van der Waals surface area (Å²) in [6.45, 7) is 4.94. The molecule has 82 valence electrons. The van der Waals surface area contributed by atoms with Gasteiger partial charge in [-0.25, -0.2) is 0 Å². The average molecular weight is 223 g/mol. The molecule has 1 aromatic heterocycles. The van der Waals surface area contributed by atoms with Gasteiger partial charge in [0.25, 0.3) is 5.91 Å². The summed E-state index contributed by atoms with van der Waals surface area (Å²) in [6.07, 6.45) is 3.56. The van der Waals surface area contributed by atoms with Gasteiger partial charge in [0.2, 0.25) is 0 Å². The fraction of sp³-hybridized carbons (Fsp3) is 0.583. The minimum Gasteiger partial charge on any atom is -0.352 e. The van der Waals surface area contributed by atoms with Crippen molar-refractivity contribution in [2.24, 2.45) is 5.92 Å². The number of amides is 1. The Labute approximate surface area is 94.7 Å². The van der Waals surface area contributed by atoms with E-state index in [4.69, 9.17) is 0 Å². The van der Waals surface area contributed by atoms with Gasteiger partial charge in [0.15, 0.2) is 0 Å². The van der Waals surface area contributed by atoms with Crippen LogP contribution in [0.25, 0.3) is 0 Å². The summed E-state index contributed by atoms with van der Waals surface area (Å²) in [4.78, 5) is 14.0. The lowest BCUT2D eigenvalue weighted by molar-refractivity contribution is 0.0960. The smallest absolute Gasteiger partial charge is 0.261 e. The molecule has 15 heavy (non-hydrogen) atoms. The standard InChI is InChI=1S/C12H17NOS/c1-3-13-12(14)11-7-9-6-8(2)4-5-10(9)15-11/h7-8H,3-6H2,1-2H3,(H,13,14)/t8-/m0/s1. The van der Waals surface area contributed by atoms with E-state index >= 15 is 0 Å². The van der Waals surface area contributed by atoms with Crippen molar-refractivity contribution in [3.8, 4) is 0 Å². The highest BCUT2D eigenvalue weighted by molar-refractivity contribution is 7.14. The Balaban J connectivity index is 2.19. The first-order chi connectivity index (χ1) is 7.20. The highest BCUT2D eigenvalue weighted by Crippen LogP contribution is 2.31. The van der Waals surface area contributed by atoms with Crippen LogP contribution in [-0.4, -0.2) is 12.5 Å². The number of rotatable bonds is 2. The maximum absolute atomic E-state index is 11.6. The van der Waals surface area contributed by atoms with Gasteiger partial charge in [-0.2, -0.15) is 0 Å². The van der Waals surface area contributed by atoms with Crippen molar-refractivity contribution in [1.29, 1.82) is 0 Å². The van der Waals surface area contributed by atoms with E-state index in [9.17, 15) is 4.79 Å². The number of hydrogen-bond donors (Lipinski definition) is 1. The van der Waals surface area contributed by atoms with Crippen molar-refractivity contribution in [2.75, 3.05) is 6.54 Å². The van der Waals surface area contributed by atoms with Gasteiger partial charge in [0.05, 0.1) is 4.88 Å². The van der Waals surface area contributed by atoms with E-state index in [1.165, 1.54) is 16.9 Å². The minimum atomic E-state index is 0.0875. The number of hydrogen-bond acceptors (Lipinski definition) is 2. The molecule has 1 aliphatic carbocycles. The van der Waals surface area contributed by atoms with Crippen molar-refractivity contribution in [3.63, 3.8) is 0 Å². The van der Waals surface area contributed by atoms with Crippen LogP contribution >= 0.6 is 11.3 Å². The Hall–Kier alpha value is -0.830. The zero-order valence-electron chi connectivity index (χ0n) is 9.30. The Morgan fingerprint density at radius 1 is 1.67 bits per heavy atom. The SMILES string of the molecule is CCNC(=O)c1cc2c(s1)CC[C@H](C)C2. The van der Waals surface area contributed by atoms with Crippen molar-refractivity contribution in [2.45, 2.75) is 33.1 Å². The van der Waals surface area contributed by atoms with E-state index in [2.05, 4.69) is 18.3 Å². The first-order valence-electron chi connectivity index (χ1n) is 5.60. The summed E-state index contributed by atoms with van der Waals surface area (Å²) in [5, 5.41) is 2.85. The second kappa shape index (κ2) is 4.35. The van der Waals surface area contributed by atoms with E-state index in [0.717, 1.165) is 23.6 Å². The third kappa shape index (κ3) is 2.23. The third-order valence-corrected chi connectivity index (χ3v) is 4.13. The maximum Gasteiger partial charge on any atom is 0.261 e. The second-order valence-electron chi connectivity index (χ2n) is 4.27. The number of carbonyl (C=O) groups excluding carboxylic acids is 1. The van der Waals surface area contributed by atoms with E-state index in [0.29, 0.717) is 6.54 Å². The van der Waals surface area contributed by atoms with E-state index in [1.54, 1.807) is 11.3 Å². The minimum absolute atomic E-state index is 0.0875. The number of nitrogens with one attached hydrogen (secondary N) is 1. The van der Waals surface area contributed by atoms with Gasteiger partial charge in [-0.15, -0.1) is 11.3 Å². The van der Waals surface area contributed by atoms with Crippen LogP contribution in [0.2, 0.25) is 0 Å². The topological polar surface area (TPSA) is 29.1 Å². The largest absolute Gasteiger partial charge is 0.352 e. The van der Waals surface area contributed by atoms with Gasteiger partial charge >= 0.3 is 0 Å². The lowest BCUT2D eigenvalue weighted by Crippen LogP contribution is -2.21. The molecule has 1 atom stereocenters. The van der Waals surface area contributed by atoms with E-state index in [1.807, 2.05) is 6.92 Å². The van der Waals surface area contributed by atoms with Crippen LogP contribution in [0, 0.1) is 5.92 Å². The highest BCUT2D eigenvalue weighted by atomic mass is 32.1. The normalized spacial score (nSPS) is 19.7. The maximum atomic E-state index is 11.6. The molecule has 2 rings (SSSR count). The van der Waals surface area contributed by atoms with E-state index < -0.39 is 0 Å².